The highest BCUT2D eigenvalue weighted by molar-refractivity contribution is 7.99. The standard InChI is InChI=1S/C10H7ClN2O3S/c11-7-4-2-1-3-6(7)9-12-13-10(16-9)17-5-8(14)15/h1-4H,5H2,(H,14,15). The first-order chi connectivity index (χ1) is 8.16. The Morgan fingerprint density at radius 3 is 2.88 bits per heavy atom. The molecule has 0 aliphatic rings. The Morgan fingerprint density at radius 1 is 1.41 bits per heavy atom. The summed E-state index contributed by atoms with van der Waals surface area (Å²) in [7, 11) is 0. The molecule has 1 aromatic carbocycles. The van der Waals surface area contributed by atoms with E-state index < -0.39 is 5.97 Å². The third kappa shape index (κ3) is 2.98. The van der Waals surface area contributed by atoms with Crippen molar-refractivity contribution in [1.29, 1.82) is 0 Å². The number of halogens is 1. The number of benzene rings is 1. The molecule has 0 spiro atoms. The average Bonchev–Trinajstić information content (AvgIpc) is 2.75. The quantitative estimate of drug-likeness (QED) is 0.861. The molecule has 5 nitrogen and oxygen atoms in total. The van der Waals surface area contributed by atoms with Crippen LogP contribution in [0.5, 0.6) is 0 Å². The number of rotatable bonds is 4. The summed E-state index contributed by atoms with van der Waals surface area (Å²) >= 11 is 6.93. The Hall–Kier alpha value is -1.53. The summed E-state index contributed by atoms with van der Waals surface area (Å²) in [6.45, 7) is 0. The molecule has 0 atom stereocenters. The van der Waals surface area contributed by atoms with Crippen LogP contribution in [0.25, 0.3) is 11.5 Å². The number of carbonyl (C=O) groups is 1. The van der Waals surface area contributed by atoms with Gasteiger partial charge in [0.05, 0.1) is 10.6 Å². The van der Waals surface area contributed by atoms with Crippen LogP contribution in [0.2, 0.25) is 5.02 Å². The molecule has 1 heterocycles. The van der Waals surface area contributed by atoms with Gasteiger partial charge < -0.3 is 9.52 Å². The normalized spacial score (nSPS) is 10.4. The summed E-state index contributed by atoms with van der Waals surface area (Å²) in [5.41, 5.74) is 0.629. The van der Waals surface area contributed by atoms with Crippen LogP contribution in [0.4, 0.5) is 0 Å². The van der Waals surface area contributed by atoms with Crippen molar-refractivity contribution < 1.29 is 14.3 Å². The summed E-state index contributed by atoms with van der Waals surface area (Å²) in [6.07, 6.45) is 0. The van der Waals surface area contributed by atoms with Crippen molar-refractivity contribution in [2.45, 2.75) is 5.22 Å². The fourth-order valence-electron chi connectivity index (χ4n) is 1.14. The molecule has 0 unspecified atom stereocenters. The lowest BCUT2D eigenvalue weighted by Crippen LogP contribution is -1.97. The lowest BCUT2D eigenvalue weighted by Gasteiger charge is -1.96. The van der Waals surface area contributed by atoms with E-state index in [4.69, 9.17) is 21.1 Å². The smallest absolute Gasteiger partial charge is 0.314 e. The Labute approximate surface area is 106 Å². The van der Waals surface area contributed by atoms with Crippen LogP contribution in [-0.2, 0) is 4.79 Å². The van der Waals surface area contributed by atoms with E-state index in [9.17, 15) is 4.79 Å². The van der Waals surface area contributed by atoms with Crippen LogP contribution < -0.4 is 0 Å². The van der Waals surface area contributed by atoms with Crippen LogP contribution in [0.1, 0.15) is 0 Å². The molecule has 0 aliphatic heterocycles. The van der Waals surface area contributed by atoms with Gasteiger partial charge in [0.25, 0.3) is 5.22 Å². The molecule has 88 valence electrons. The minimum atomic E-state index is -0.938. The Kier molecular flexibility index (Phi) is 3.65. The highest BCUT2D eigenvalue weighted by Gasteiger charge is 2.12. The van der Waals surface area contributed by atoms with Crippen LogP contribution in [0.3, 0.4) is 0 Å². The van der Waals surface area contributed by atoms with Crippen molar-refractivity contribution in [1.82, 2.24) is 10.2 Å². The Morgan fingerprint density at radius 2 is 2.18 bits per heavy atom. The second-order valence-corrected chi connectivity index (χ2v) is 4.37. The highest BCUT2D eigenvalue weighted by atomic mass is 35.5. The van der Waals surface area contributed by atoms with E-state index in [2.05, 4.69) is 10.2 Å². The first kappa shape index (κ1) is 11.9. The number of hydrogen-bond acceptors (Lipinski definition) is 5. The van der Waals surface area contributed by atoms with E-state index in [1.165, 1.54) is 0 Å². The van der Waals surface area contributed by atoms with Crippen LogP contribution in [0.15, 0.2) is 33.9 Å². The van der Waals surface area contributed by atoms with Crippen molar-refractivity contribution in [2.24, 2.45) is 0 Å². The van der Waals surface area contributed by atoms with E-state index in [0.717, 1.165) is 11.8 Å². The zero-order chi connectivity index (χ0) is 12.3. The van der Waals surface area contributed by atoms with E-state index in [0.29, 0.717) is 10.6 Å². The van der Waals surface area contributed by atoms with Crippen molar-refractivity contribution in [3.63, 3.8) is 0 Å². The molecule has 2 aromatic rings. The fourth-order valence-corrected chi connectivity index (χ4v) is 1.84. The lowest BCUT2D eigenvalue weighted by molar-refractivity contribution is -0.133. The zero-order valence-corrected chi connectivity index (χ0v) is 10.0. The molecular formula is C10H7ClN2O3S. The van der Waals surface area contributed by atoms with Crippen LogP contribution >= 0.6 is 23.4 Å². The van der Waals surface area contributed by atoms with Gasteiger partial charge in [-0.2, -0.15) is 0 Å². The molecule has 1 N–H and O–H groups in total. The second kappa shape index (κ2) is 5.20. The molecule has 0 saturated heterocycles. The van der Waals surface area contributed by atoms with Gasteiger partial charge in [-0.3, -0.25) is 4.79 Å². The van der Waals surface area contributed by atoms with Gasteiger partial charge in [-0.05, 0) is 12.1 Å². The maximum Gasteiger partial charge on any atom is 0.314 e. The first-order valence-corrected chi connectivity index (χ1v) is 5.96. The van der Waals surface area contributed by atoms with Gasteiger partial charge >= 0.3 is 5.97 Å². The average molecular weight is 271 g/mol. The lowest BCUT2D eigenvalue weighted by atomic mass is 10.2. The molecule has 0 fully saturated rings. The van der Waals surface area contributed by atoms with Crippen LogP contribution in [0, 0.1) is 0 Å². The molecule has 0 saturated carbocycles. The van der Waals surface area contributed by atoms with Crippen molar-refractivity contribution in [2.75, 3.05) is 5.75 Å². The van der Waals surface area contributed by atoms with E-state index >= 15 is 0 Å². The maximum absolute atomic E-state index is 10.4. The number of carboxylic acids is 1. The van der Waals surface area contributed by atoms with Gasteiger partial charge in [0.1, 0.15) is 5.75 Å². The summed E-state index contributed by atoms with van der Waals surface area (Å²) < 4.78 is 5.29. The molecule has 0 amide bonds. The number of hydrogen-bond donors (Lipinski definition) is 1. The third-order valence-electron chi connectivity index (χ3n) is 1.83. The molecule has 7 heteroatoms. The summed E-state index contributed by atoms with van der Waals surface area (Å²) in [6, 6.07) is 7.06. The summed E-state index contributed by atoms with van der Waals surface area (Å²) in [5.74, 6) is -0.777. The topological polar surface area (TPSA) is 76.2 Å². The van der Waals surface area contributed by atoms with Gasteiger partial charge in [0, 0.05) is 0 Å². The van der Waals surface area contributed by atoms with E-state index in [1.807, 2.05) is 0 Å². The second-order valence-electron chi connectivity index (χ2n) is 3.04. The molecule has 0 radical (unpaired) electrons. The maximum atomic E-state index is 10.4. The first-order valence-electron chi connectivity index (χ1n) is 4.60. The highest BCUT2D eigenvalue weighted by Crippen LogP contribution is 2.28. The zero-order valence-electron chi connectivity index (χ0n) is 8.46. The van der Waals surface area contributed by atoms with E-state index in [1.54, 1.807) is 24.3 Å². The van der Waals surface area contributed by atoms with E-state index in [-0.39, 0.29) is 16.9 Å². The molecular weight excluding hydrogens is 264 g/mol. The van der Waals surface area contributed by atoms with Gasteiger partial charge in [-0.15, -0.1) is 10.2 Å². The van der Waals surface area contributed by atoms with Crippen LogP contribution in [-0.4, -0.2) is 27.0 Å². The minimum Gasteiger partial charge on any atom is -0.481 e. The van der Waals surface area contributed by atoms with Gasteiger partial charge in [-0.25, -0.2) is 0 Å². The number of nitrogens with zero attached hydrogens (tertiary/aromatic N) is 2. The van der Waals surface area contributed by atoms with Crippen molar-refractivity contribution in [3.05, 3.63) is 29.3 Å². The number of carboxylic acid groups (broad SMARTS) is 1. The minimum absolute atomic E-state index is 0.121. The molecule has 2 rings (SSSR count). The predicted octanol–water partition coefficient (Wildman–Crippen LogP) is 2.57. The van der Waals surface area contributed by atoms with Gasteiger partial charge in [0.15, 0.2) is 0 Å². The van der Waals surface area contributed by atoms with Crippen molar-refractivity contribution >= 4 is 29.3 Å². The van der Waals surface area contributed by atoms with Crippen molar-refractivity contribution in [3.8, 4) is 11.5 Å². The molecule has 1 aromatic heterocycles. The fraction of sp³-hybridized carbons (Fsp3) is 0.100. The third-order valence-corrected chi connectivity index (χ3v) is 2.96. The number of aromatic nitrogens is 2. The molecule has 0 bridgehead atoms. The summed E-state index contributed by atoms with van der Waals surface area (Å²) in [4.78, 5) is 10.4. The van der Waals surface area contributed by atoms with Gasteiger partial charge in [0.2, 0.25) is 5.89 Å². The van der Waals surface area contributed by atoms with Gasteiger partial charge in [-0.1, -0.05) is 35.5 Å². The molecule has 17 heavy (non-hydrogen) atoms. The SMILES string of the molecule is O=C(O)CSc1nnc(-c2ccccc2Cl)o1. The largest absolute Gasteiger partial charge is 0.481 e. The predicted molar refractivity (Wildman–Crippen MR) is 63.1 cm³/mol. The molecule has 0 aliphatic carbocycles. The Balaban J connectivity index is 2.18. The summed E-state index contributed by atoms with van der Waals surface area (Å²) in [5, 5.41) is 16.8. The Bertz CT molecular complexity index is 544. The number of thioether (sulfide) groups is 1. The number of aliphatic carboxylic acids is 1. The monoisotopic (exact) mass is 270 g/mol.